The van der Waals surface area contributed by atoms with Gasteiger partial charge in [-0.25, -0.2) is 4.79 Å². The van der Waals surface area contributed by atoms with Gasteiger partial charge in [0, 0.05) is 14.0 Å². The van der Waals surface area contributed by atoms with Crippen molar-refractivity contribution in [2.45, 2.75) is 37.3 Å². The molecule has 1 aliphatic heterocycles. The summed E-state index contributed by atoms with van der Waals surface area (Å²) in [6.07, 6.45) is -2.29. The molecule has 0 spiro atoms. The van der Waals surface area contributed by atoms with Crippen molar-refractivity contribution in [1.29, 1.82) is 0 Å². The summed E-state index contributed by atoms with van der Waals surface area (Å²) in [6, 6.07) is -1.65. The van der Waals surface area contributed by atoms with Crippen LogP contribution in [0.1, 0.15) is 6.92 Å². The number of amides is 1. The number of carbonyl (C=O) groups is 2. The van der Waals surface area contributed by atoms with Crippen molar-refractivity contribution in [3.63, 3.8) is 0 Å². The van der Waals surface area contributed by atoms with Crippen LogP contribution in [0.5, 0.6) is 0 Å². The number of aliphatic carboxylic acids is 1. The van der Waals surface area contributed by atoms with Gasteiger partial charge >= 0.3 is 16.4 Å². The van der Waals surface area contributed by atoms with E-state index < -0.39 is 65.0 Å². The second-order valence-corrected chi connectivity index (χ2v) is 6.46. The Hall–Kier alpha value is -1.81. The smallest absolute Gasteiger partial charge is 0.397 e. The number of nitrogens with one attached hydrogen (secondary N) is 1. The Morgan fingerprint density at radius 2 is 1.93 bits per heavy atom. The van der Waals surface area contributed by atoms with Crippen LogP contribution in [0.2, 0.25) is 0 Å². The van der Waals surface area contributed by atoms with Gasteiger partial charge in [0.25, 0.3) is 0 Å². The van der Waals surface area contributed by atoms with E-state index in [4.69, 9.17) is 30.0 Å². The van der Waals surface area contributed by atoms with E-state index in [9.17, 15) is 23.1 Å². The molecule has 14 heteroatoms. The van der Waals surface area contributed by atoms with E-state index in [1.807, 2.05) is 0 Å². The molecule has 158 valence electrons. The zero-order valence-corrected chi connectivity index (χ0v) is 15.6. The number of ether oxygens (including phenoxy) is 2. The van der Waals surface area contributed by atoms with Gasteiger partial charge in [0.05, 0.1) is 25.8 Å². The minimum Gasteiger partial charge on any atom is -0.478 e. The molecule has 5 atom stereocenters. The Morgan fingerprint density at radius 3 is 2.26 bits per heavy atom. The Labute approximate surface area is 155 Å². The molecule has 0 unspecified atom stereocenters. The fraction of sp³-hybridized carbons (Fsp3) is 0.692. The highest BCUT2D eigenvalue weighted by atomic mass is 32.3. The van der Waals surface area contributed by atoms with Gasteiger partial charge in [-0.2, -0.15) is 8.42 Å². The SMILES string of the molecule is COS(=O)(=O)O.CO[C@@H]([C@@H]1OC(C(=O)O)=C[C@H](N)[C@H]1NC(C)=O)[C@H](O)CO. The number of aliphatic hydroxyl groups excluding tert-OH is 2. The maximum atomic E-state index is 11.3. The summed E-state index contributed by atoms with van der Waals surface area (Å²) in [5, 5.41) is 30.3. The van der Waals surface area contributed by atoms with E-state index >= 15 is 0 Å². The number of methoxy groups -OCH3 is 1. The highest BCUT2D eigenvalue weighted by Gasteiger charge is 2.43. The molecule has 7 N–H and O–H groups in total. The van der Waals surface area contributed by atoms with Gasteiger partial charge in [0.2, 0.25) is 11.7 Å². The fourth-order valence-corrected chi connectivity index (χ4v) is 2.18. The summed E-state index contributed by atoms with van der Waals surface area (Å²) < 4.78 is 40.1. The number of carboxylic acids is 1. The number of nitrogens with two attached hydrogens (primary N) is 1. The van der Waals surface area contributed by atoms with Crippen molar-refractivity contribution >= 4 is 22.3 Å². The average molecular weight is 416 g/mol. The first-order valence-corrected chi connectivity index (χ1v) is 8.73. The third-order valence-corrected chi connectivity index (χ3v) is 3.75. The molecule has 0 aromatic rings. The van der Waals surface area contributed by atoms with Crippen LogP contribution in [0.3, 0.4) is 0 Å². The Balaban J connectivity index is 0.000000972. The normalized spacial score (nSPS) is 24.4. The summed E-state index contributed by atoms with van der Waals surface area (Å²) >= 11 is 0. The highest BCUT2D eigenvalue weighted by Crippen LogP contribution is 2.23. The molecular weight excluding hydrogens is 392 g/mol. The lowest BCUT2D eigenvalue weighted by Gasteiger charge is -2.39. The van der Waals surface area contributed by atoms with Gasteiger partial charge in [-0.1, -0.05) is 0 Å². The summed E-state index contributed by atoms with van der Waals surface area (Å²) in [5.41, 5.74) is 5.85. The van der Waals surface area contributed by atoms with Crippen molar-refractivity contribution in [3.05, 3.63) is 11.8 Å². The molecule has 0 aromatic heterocycles. The quantitative estimate of drug-likeness (QED) is 0.229. The molecule has 27 heavy (non-hydrogen) atoms. The molecule has 1 heterocycles. The standard InChI is InChI=1S/C12H20N2O7.CH4O4S/c1-5(16)14-9-6(13)3-8(12(18)19)21-11(9)10(20-2)7(17)4-15;1-5-6(2,3)4/h3,6-7,9-11,15,17H,4,13H2,1-2H3,(H,14,16)(H,18,19);1H3,(H,2,3,4)/t6-,7+,9+,10+,11+;/m0./s1. The summed E-state index contributed by atoms with van der Waals surface area (Å²) in [5.74, 6) is -2.13. The second-order valence-electron chi connectivity index (χ2n) is 5.27. The van der Waals surface area contributed by atoms with E-state index in [0.717, 1.165) is 13.2 Å². The number of aliphatic hydroxyl groups is 2. The average Bonchev–Trinajstić information content (AvgIpc) is 2.57. The Kier molecular flexibility index (Phi) is 10.4. The minimum atomic E-state index is -4.16. The largest absolute Gasteiger partial charge is 0.478 e. The van der Waals surface area contributed by atoms with E-state index in [-0.39, 0.29) is 0 Å². The van der Waals surface area contributed by atoms with Crippen LogP contribution < -0.4 is 11.1 Å². The maximum absolute atomic E-state index is 11.3. The molecule has 0 aromatic carbocycles. The number of carboxylic acid groups (broad SMARTS) is 1. The van der Waals surface area contributed by atoms with Gasteiger partial charge in [-0.15, -0.1) is 0 Å². The molecule has 0 saturated carbocycles. The van der Waals surface area contributed by atoms with Gasteiger partial charge in [-0.3, -0.25) is 13.5 Å². The molecule has 0 aliphatic carbocycles. The van der Waals surface area contributed by atoms with Crippen LogP contribution in [0.4, 0.5) is 0 Å². The summed E-state index contributed by atoms with van der Waals surface area (Å²) in [6.45, 7) is 0.650. The number of hydrogen-bond donors (Lipinski definition) is 6. The van der Waals surface area contributed by atoms with Gasteiger partial charge < -0.3 is 35.8 Å². The first kappa shape index (κ1) is 25.2. The monoisotopic (exact) mass is 416 g/mol. The topological polar surface area (TPSA) is 215 Å². The molecule has 0 saturated heterocycles. The summed E-state index contributed by atoms with van der Waals surface area (Å²) in [4.78, 5) is 22.3. The second kappa shape index (κ2) is 11.1. The molecule has 0 bridgehead atoms. The zero-order chi connectivity index (χ0) is 21.4. The summed E-state index contributed by atoms with van der Waals surface area (Å²) in [7, 11) is -2.03. The Bertz CT molecular complexity index is 636. The van der Waals surface area contributed by atoms with Gasteiger partial charge in [0.15, 0.2) is 0 Å². The van der Waals surface area contributed by atoms with E-state index in [0.29, 0.717) is 0 Å². The third kappa shape index (κ3) is 8.61. The lowest BCUT2D eigenvalue weighted by Crippen LogP contribution is -2.62. The van der Waals surface area contributed by atoms with Crippen LogP contribution in [0, 0.1) is 0 Å². The van der Waals surface area contributed by atoms with Crippen LogP contribution >= 0.6 is 0 Å². The lowest BCUT2D eigenvalue weighted by molar-refractivity contribution is -0.149. The first-order valence-electron chi connectivity index (χ1n) is 7.37. The van der Waals surface area contributed by atoms with Crippen molar-refractivity contribution in [1.82, 2.24) is 5.32 Å². The van der Waals surface area contributed by atoms with E-state index in [2.05, 4.69) is 9.50 Å². The Morgan fingerprint density at radius 1 is 1.41 bits per heavy atom. The molecule has 1 amide bonds. The number of rotatable bonds is 7. The van der Waals surface area contributed by atoms with E-state index in [1.165, 1.54) is 14.0 Å². The predicted molar refractivity (Wildman–Crippen MR) is 88.6 cm³/mol. The molecule has 13 nitrogen and oxygen atoms in total. The first-order chi connectivity index (χ1) is 12.4. The molecule has 1 rings (SSSR count). The van der Waals surface area contributed by atoms with Crippen molar-refractivity contribution in [3.8, 4) is 0 Å². The molecular formula is C13H24N2O11S. The van der Waals surface area contributed by atoms with Gasteiger partial charge in [-0.05, 0) is 6.08 Å². The third-order valence-electron chi connectivity index (χ3n) is 3.33. The van der Waals surface area contributed by atoms with Crippen molar-refractivity contribution in [2.75, 3.05) is 20.8 Å². The fourth-order valence-electron chi connectivity index (χ4n) is 2.18. The van der Waals surface area contributed by atoms with Crippen molar-refractivity contribution in [2.24, 2.45) is 5.73 Å². The minimum absolute atomic E-state index is 0.399. The molecule has 1 aliphatic rings. The maximum Gasteiger partial charge on any atom is 0.397 e. The van der Waals surface area contributed by atoms with Crippen molar-refractivity contribution < 1.29 is 51.5 Å². The zero-order valence-electron chi connectivity index (χ0n) is 14.8. The van der Waals surface area contributed by atoms with Gasteiger partial charge in [0.1, 0.15) is 18.3 Å². The highest BCUT2D eigenvalue weighted by molar-refractivity contribution is 7.80. The lowest BCUT2D eigenvalue weighted by atomic mass is 9.92. The van der Waals surface area contributed by atoms with Crippen LogP contribution in [0.15, 0.2) is 11.8 Å². The van der Waals surface area contributed by atoms with Crippen LogP contribution in [0.25, 0.3) is 0 Å². The molecule has 0 radical (unpaired) electrons. The molecule has 0 fully saturated rings. The van der Waals surface area contributed by atoms with E-state index in [1.54, 1.807) is 0 Å². The van der Waals surface area contributed by atoms with Crippen LogP contribution in [-0.4, -0.2) is 91.4 Å². The number of carbonyl (C=O) groups excluding carboxylic acids is 1. The number of hydrogen-bond acceptors (Lipinski definition) is 10. The van der Waals surface area contributed by atoms with Crippen LogP contribution in [-0.2, 0) is 33.6 Å². The predicted octanol–water partition coefficient (Wildman–Crippen LogP) is -3.01.